The molecule has 1 N–H and O–H groups in total. The number of ether oxygens (including phenoxy) is 1. The minimum absolute atomic E-state index is 0.115. The van der Waals surface area contributed by atoms with Gasteiger partial charge in [0, 0.05) is 37.6 Å². The van der Waals surface area contributed by atoms with Crippen molar-refractivity contribution in [3.05, 3.63) is 69.8 Å². The zero-order valence-electron chi connectivity index (χ0n) is 31.2. The lowest BCUT2D eigenvalue weighted by Gasteiger charge is -2.34. The quantitative estimate of drug-likeness (QED) is 0.139. The van der Waals surface area contributed by atoms with E-state index in [-0.39, 0.29) is 35.8 Å². The second-order valence-corrected chi connectivity index (χ2v) is 12.6. The van der Waals surface area contributed by atoms with E-state index in [1.54, 1.807) is 33.2 Å². The van der Waals surface area contributed by atoms with Gasteiger partial charge < -0.3 is 10.1 Å². The lowest BCUT2D eigenvalue weighted by atomic mass is 9.77. The highest BCUT2D eigenvalue weighted by molar-refractivity contribution is 5.98. The van der Waals surface area contributed by atoms with Crippen molar-refractivity contribution < 1.29 is 22.7 Å². The number of aryl methyl sites for hydroxylation is 1. The molecular formula is C40H62F3N3O2. The molecule has 0 heterocycles. The van der Waals surface area contributed by atoms with Crippen molar-refractivity contribution in [3.8, 4) is 0 Å². The first-order chi connectivity index (χ1) is 22.9. The molecule has 2 aromatic rings. The van der Waals surface area contributed by atoms with E-state index in [1.807, 2.05) is 33.9 Å². The summed E-state index contributed by atoms with van der Waals surface area (Å²) < 4.78 is 45.7. The van der Waals surface area contributed by atoms with Crippen LogP contribution in [0, 0.1) is 18.8 Å². The Bertz CT molecular complexity index is 1260. The third-order valence-electron chi connectivity index (χ3n) is 9.08. The molecule has 2 atom stereocenters. The lowest BCUT2D eigenvalue weighted by molar-refractivity contribution is -0.138. The molecule has 2 aliphatic rings. The summed E-state index contributed by atoms with van der Waals surface area (Å²) in [4.78, 5) is 12.2. The van der Waals surface area contributed by atoms with Gasteiger partial charge in [0.15, 0.2) is 5.78 Å². The van der Waals surface area contributed by atoms with Crippen molar-refractivity contribution in [3.63, 3.8) is 0 Å². The standard InChI is InChI=1S/C19H26F3NO.C12H16O.C7H14N2.C2H6/c1-4-15-16(18(24)5-2)9-14(10-17(15)19(20,21)22)12(3)23-11-13-7-6-8-13;1-9-4-3-5-10(6-9)11-7-12(8-11)13-2;1-4-7(3)6-9-8-5-2;1-2/h9-10,12-13,23H,4-8,11H2,1-3H3;3-6,11-12H,7-8H2,1-2H3;5-7H,4H2,1-3H3;1-2H3/b;;8-5-,9-6-;. The second-order valence-electron chi connectivity index (χ2n) is 12.6. The fourth-order valence-electron chi connectivity index (χ4n) is 5.45. The molecule has 0 aliphatic heterocycles. The average molecular weight is 674 g/mol. The fraction of sp³-hybridized carbons (Fsp3) is 0.625. The van der Waals surface area contributed by atoms with Gasteiger partial charge in [-0.1, -0.05) is 77.8 Å². The number of halogens is 3. The van der Waals surface area contributed by atoms with Crippen LogP contribution in [0.5, 0.6) is 0 Å². The van der Waals surface area contributed by atoms with Crippen LogP contribution in [0.2, 0.25) is 0 Å². The molecule has 2 aliphatic carbocycles. The van der Waals surface area contributed by atoms with E-state index in [2.05, 4.69) is 60.6 Å². The maximum atomic E-state index is 13.5. The number of hydrogen-bond acceptors (Lipinski definition) is 5. The van der Waals surface area contributed by atoms with Crippen LogP contribution in [0.25, 0.3) is 0 Å². The van der Waals surface area contributed by atoms with Crippen LogP contribution in [0.15, 0.2) is 46.6 Å². The summed E-state index contributed by atoms with van der Waals surface area (Å²) >= 11 is 0. The van der Waals surface area contributed by atoms with Crippen LogP contribution in [0.1, 0.15) is 150 Å². The summed E-state index contributed by atoms with van der Waals surface area (Å²) in [6.07, 6.45) is 7.12. The summed E-state index contributed by atoms with van der Waals surface area (Å²) in [6, 6.07) is 11.5. The Hall–Kier alpha value is -2.84. The molecule has 2 unspecified atom stereocenters. The van der Waals surface area contributed by atoms with Crippen LogP contribution in [-0.4, -0.2) is 38.0 Å². The van der Waals surface area contributed by atoms with E-state index >= 15 is 0 Å². The molecule has 0 saturated heterocycles. The SMILES string of the molecule is C/C=N\N=C/C(C)CC.CC.CCC(=O)c1cc(C(C)NCC2CCC2)cc(C(F)(F)F)c1CC.COC1CC(c2cccc(C)c2)C1. The van der Waals surface area contributed by atoms with Crippen LogP contribution in [-0.2, 0) is 17.3 Å². The molecule has 2 aromatic carbocycles. The molecule has 0 bridgehead atoms. The molecule has 4 rings (SSSR count). The normalized spacial score (nSPS) is 18.7. The summed E-state index contributed by atoms with van der Waals surface area (Å²) in [7, 11) is 1.80. The minimum atomic E-state index is -4.45. The maximum Gasteiger partial charge on any atom is 0.416 e. The van der Waals surface area contributed by atoms with Crippen LogP contribution in [0.3, 0.4) is 0 Å². The zero-order chi connectivity index (χ0) is 36.3. The average Bonchev–Trinajstić information content (AvgIpc) is 3.03. The molecule has 0 radical (unpaired) electrons. The Morgan fingerprint density at radius 3 is 2.21 bits per heavy atom. The number of methoxy groups -OCH3 is 1. The van der Waals surface area contributed by atoms with Gasteiger partial charge >= 0.3 is 6.18 Å². The minimum Gasteiger partial charge on any atom is -0.381 e. The molecular weight excluding hydrogens is 611 g/mol. The van der Waals surface area contributed by atoms with Crippen molar-refractivity contribution in [1.29, 1.82) is 0 Å². The van der Waals surface area contributed by atoms with E-state index in [0.29, 0.717) is 23.5 Å². The molecule has 0 aromatic heterocycles. The number of carbonyl (C=O) groups is 1. The second kappa shape index (κ2) is 22.7. The first kappa shape index (κ1) is 43.2. The van der Waals surface area contributed by atoms with Crippen LogP contribution in [0.4, 0.5) is 13.2 Å². The van der Waals surface area contributed by atoms with E-state index in [4.69, 9.17) is 4.74 Å². The van der Waals surface area contributed by atoms with E-state index < -0.39 is 11.7 Å². The van der Waals surface area contributed by atoms with E-state index in [9.17, 15) is 18.0 Å². The van der Waals surface area contributed by atoms with Gasteiger partial charge in [-0.15, -0.1) is 0 Å². The third kappa shape index (κ3) is 14.3. The predicted octanol–water partition coefficient (Wildman–Crippen LogP) is 11.3. The fourth-order valence-corrected chi connectivity index (χ4v) is 5.45. The summed E-state index contributed by atoms with van der Waals surface area (Å²) in [5, 5.41) is 10.8. The number of ketones is 1. The first-order valence-electron chi connectivity index (χ1n) is 18.0. The number of carbonyl (C=O) groups excluding carboxylic acids is 1. The van der Waals surface area contributed by atoms with Gasteiger partial charge in [-0.2, -0.15) is 23.4 Å². The highest BCUT2D eigenvalue weighted by Gasteiger charge is 2.35. The number of Topliss-reactive ketones (excluding diaryl/α,β-unsaturated/α-hetero) is 1. The molecule has 2 saturated carbocycles. The van der Waals surface area contributed by atoms with Gasteiger partial charge in [0.25, 0.3) is 0 Å². The number of nitrogens with zero attached hydrogens (tertiary/aromatic N) is 2. The number of benzene rings is 2. The van der Waals surface area contributed by atoms with E-state index in [1.165, 1.54) is 49.3 Å². The Balaban J connectivity index is 0.000000400. The maximum absolute atomic E-state index is 13.5. The van der Waals surface area contributed by atoms with Gasteiger partial charge in [-0.3, -0.25) is 4.79 Å². The van der Waals surface area contributed by atoms with Crippen molar-refractivity contribution in [2.24, 2.45) is 22.0 Å². The summed E-state index contributed by atoms with van der Waals surface area (Å²) in [5.41, 5.74) is 3.05. The van der Waals surface area contributed by atoms with E-state index in [0.717, 1.165) is 18.9 Å². The van der Waals surface area contributed by atoms with Gasteiger partial charge in [0.1, 0.15) is 0 Å². The molecule has 2 fully saturated rings. The van der Waals surface area contributed by atoms with Crippen molar-refractivity contribution in [2.45, 2.75) is 138 Å². The smallest absolute Gasteiger partial charge is 0.381 e. The molecule has 8 heteroatoms. The Kier molecular flexibility index (Phi) is 20.4. The Labute approximate surface area is 289 Å². The topological polar surface area (TPSA) is 63.0 Å². The number of nitrogens with one attached hydrogen (secondary N) is 1. The number of rotatable bonds is 12. The van der Waals surface area contributed by atoms with Gasteiger partial charge in [-0.05, 0) is 112 Å². The monoisotopic (exact) mass is 673 g/mol. The molecule has 0 amide bonds. The Morgan fingerprint density at radius 2 is 1.73 bits per heavy atom. The van der Waals surface area contributed by atoms with Crippen molar-refractivity contribution in [2.75, 3.05) is 13.7 Å². The molecule has 0 spiro atoms. The third-order valence-corrected chi connectivity index (χ3v) is 9.08. The number of alkyl halides is 3. The lowest BCUT2D eigenvalue weighted by Crippen LogP contribution is -2.29. The summed E-state index contributed by atoms with van der Waals surface area (Å²) in [6.45, 7) is 18.3. The highest BCUT2D eigenvalue weighted by Crippen LogP contribution is 2.39. The Morgan fingerprint density at radius 1 is 1.06 bits per heavy atom. The molecule has 48 heavy (non-hydrogen) atoms. The highest BCUT2D eigenvalue weighted by atomic mass is 19.4. The zero-order valence-corrected chi connectivity index (χ0v) is 31.2. The van der Waals surface area contributed by atoms with Crippen LogP contribution >= 0.6 is 0 Å². The van der Waals surface area contributed by atoms with Crippen LogP contribution < -0.4 is 5.32 Å². The molecule has 270 valence electrons. The molecule has 5 nitrogen and oxygen atoms in total. The van der Waals surface area contributed by atoms with Crippen molar-refractivity contribution >= 4 is 18.2 Å². The van der Waals surface area contributed by atoms with Gasteiger partial charge in [0.2, 0.25) is 0 Å². The van der Waals surface area contributed by atoms with Crippen molar-refractivity contribution in [1.82, 2.24) is 5.32 Å². The number of hydrogen-bond donors (Lipinski definition) is 1. The van der Waals surface area contributed by atoms with Gasteiger partial charge in [0.05, 0.1) is 11.7 Å². The van der Waals surface area contributed by atoms with Gasteiger partial charge in [-0.25, -0.2) is 0 Å². The predicted molar refractivity (Wildman–Crippen MR) is 197 cm³/mol. The largest absolute Gasteiger partial charge is 0.416 e. The first-order valence-corrected chi connectivity index (χ1v) is 18.0. The summed E-state index contributed by atoms with van der Waals surface area (Å²) in [5.74, 6) is 1.69.